The SMILES string of the molecule is COCCCNC(=O)Cn1nc(C)n2c(cc3c(OC)cccc32)c1=O. The van der Waals surface area contributed by atoms with Crippen LogP contribution in [0.4, 0.5) is 0 Å². The van der Waals surface area contributed by atoms with Gasteiger partial charge in [-0.15, -0.1) is 0 Å². The summed E-state index contributed by atoms with van der Waals surface area (Å²) >= 11 is 0. The van der Waals surface area contributed by atoms with Crippen LogP contribution in [0, 0.1) is 6.92 Å². The Bertz CT molecular complexity index is 1010. The van der Waals surface area contributed by atoms with Gasteiger partial charge in [0.15, 0.2) is 0 Å². The van der Waals surface area contributed by atoms with Gasteiger partial charge in [0.25, 0.3) is 5.56 Å². The number of carbonyl (C=O) groups is 1. The van der Waals surface area contributed by atoms with Crippen LogP contribution in [0.3, 0.4) is 0 Å². The third-order valence-corrected chi connectivity index (χ3v) is 4.21. The number of aryl methyl sites for hydroxylation is 1. The van der Waals surface area contributed by atoms with Crippen molar-refractivity contribution in [3.05, 3.63) is 40.4 Å². The van der Waals surface area contributed by atoms with Crippen LogP contribution in [0.2, 0.25) is 0 Å². The Kier molecular flexibility index (Phi) is 5.22. The Morgan fingerprint density at radius 2 is 2.08 bits per heavy atom. The van der Waals surface area contributed by atoms with Crippen LogP contribution < -0.4 is 15.6 Å². The standard InChI is InChI=1S/C18H22N4O4/c1-12-20-21(11-17(23)19-8-5-9-25-2)18(24)15-10-13-14(22(12)15)6-4-7-16(13)26-3/h4,6-7,10H,5,8-9,11H2,1-3H3,(H,19,23). The first-order valence-corrected chi connectivity index (χ1v) is 8.38. The van der Waals surface area contributed by atoms with Gasteiger partial charge in [0, 0.05) is 25.6 Å². The summed E-state index contributed by atoms with van der Waals surface area (Å²) in [5, 5.41) is 7.90. The second-order valence-corrected chi connectivity index (χ2v) is 5.96. The molecule has 0 spiro atoms. The fourth-order valence-corrected chi connectivity index (χ4v) is 3.03. The molecular weight excluding hydrogens is 336 g/mol. The largest absolute Gasteiger partial charge is 0.496 e. The highest BCUT2D eigenvalue weighted by molar-refractivity contribution is 5.92. The topological polar surface area (TPSA) is 86.9 Å². The summed E-state index contributed by atoms with van der Waals surface area (Å²) in [5.41, 5.74) is 0.989. The summed E-state index contributed by atoms with van der Waals surface area (Å²) in [6.07, 6.45) is 0.715. The lowest BCUT2D eigenvalue weighted by Crippen LogP contribution is -2.35. The summed E-state index contributed by atoms with van der Waals surface area (Å²) < 4.78 is 13.3. The van der Waals surface area contributed by atoms with Crippen LogP contribution >= 0.6 is 0 Å². The van der Waals surface area contributed by atoms with E-state index >= 15 is 0 Å². The maximum absolute atomic E-state index is 12.8. The van der Waals surface area contributed by atoms with Crippen molar-refractivity contribution in [2.75, 3.05) is 27.4 Å². The van der Waals surface area contributed by atoms with Crippen molar-refractivity contribution in [3.63, 3.8) is 0 Å². The molecule has 0 saturated heterocycles. The van der Waals surface area contributed by atoms with E-state index < -0.39 is 0 Å². The zero-order valence-electron chi connectivity index (χ0n) is 15.1. The number of fused-ring (bicyclic) bond motifs is 3. The predicted octanol–water partition coefficient (Wildman–Crippen LogP) is 1.12. The Morgan fingerprint density at radius 3 is 2.81 bits per heavy atom. The molecule has 0 fully saturated rings. The number of hydrogen-bond acceptors (Lipinski definition) is 5. The highest BCUT2D eigenvalue weighted by Crippen LogP contribution is 2.28. The highest BCUT2D eigenvalue weighted by atomic mass is 16.5. The molecule has 3 aromatic rings. The number of nitrogens with one attached hydrogen (secondary N) is 1. The van der Waals surface area contributed by atoms with Gasteiger partial charge < -0.3 is 14.8 Å². The molecule has 2 heterocycles. The van der Waals surface area contributed by atoms with Crippen molar-refractivity contribution in [2.45, 2.75) is 19.9 Å². The Morgan fingerprint density at radius 1 is 1.27 bits per heavy atom. The van der Waals surface area contributed by atoms with E-state index in [9.17, 15) is 9.59 Å². The molecule has 1 aromatic carbocycles. The Labute approximate surface area is 150 Å². The number of methoxy groups -OCH3 is 2. The monoisotopic (exact) mass is 358 g/mol. The molecule has 0 aliphatic heterocycles. The molecule has 26 heavy (non-hydrogen) atoms. The molecule has 1 N–H and O–H groups in total. The van der Waals surface area contributed by atoms with Crippen LogP contribution in [-0.4, -0.2) is 47.5 Å². The lowest BCUT2D eigenvalue weighted by molar-refractivity contribution is -0.121. The molecule has 0 aliphatic carbocycles. The van der Waals surface area contributed by atoms with Crippen molar-refractivity contribution in [2.24, 2.45) is 0 Å². The maximum atomic E-state index is 12.8. The number of ether oxygens (including phenoxy) is 2. The Balaban J connectivity index is 1.96. The number of carbonyl (C=O) groups excluding carboxylic acids is 1. The fourth-order valence-electron chi connectivity index (χ4n) is 3.03. The first-order valence-electron chi connectivity index (χ1n) is 8.38. The minimum absolute atomic E-state index is 0.123. The van der Waals surface area contributed by atoms with Crippen LogP contribution in [-0.2, 0) is 16.1 Å². The van der Waals surface area contributed by atoms with Crippen molar-refractivity contribution >= 4 is 22.3 Å². The average molecular weight is 358 g/mol. The Hall–Kier alpha value is -2.87. The van der Waals surface area contributed by atoms with E-state index in [2.05, 4.69) is 10.4 Å². The number of hydrogen-bond donors (Lipinski definition) is 1. The van der Waals surface area contributed by atoms with Crippen molar-refractivity contribution in [1.82, 2.24) is 19.5 Å². The number of benzene rings is 1. The van der Waals surface area contributed by atoms with Crippen LogP contribution in [0.25, 0.3) is 16.4 Å². The molecule has 0 aliphatic rings. The second kappa shape index (κ2) is 7.57. The van der Waals surface area contributed by atoms with E-state index in [4.69, 9.17) is 9.47 Å². The summed E-state index contributed by atoms with van der Waals surface area (Å²) in [4.78, 5) is 24.9. The van der Waals surface area contributed by atoms with Crippen LogP contribution in [0.15, 0.2) is 29.1 Å². The smallest absolute Gasteiger partial charge is 0.291 e. The zero-order valence-corrected chi connectivity index (χ0v) is 15.1. The fraction of sp³-hybridized carbons (Fsp3) is 0.389. The predicted molar refractivity (Wildman–Crippen MR) is 97.7 cm³/mol. The molecule has 2 aromatic heterocycles. The van der Waals surface area contributed by atoms with Crippen molar-refractivity contribution in [3.8, 4) is 5.75 Å². The minimum Gasteiger partial charge on any atom is -0.496 e. The van der Waals surface area contributed by atoms with Gasteiger partial charge in [0.05, 0.1) is 12.6 Å². The number of rotatable bonds is 7. The van der Waals surface area contributed by atoms with E-state index in [1.165, 1.54) is 4.68 Å². The lowest BCUT2D eigenvalue weighted by atomic mass is 10.2. The summed E-state index contributed by atoms with van der Waals surface area (Å²) in [5.74, 6) is 1.05. The first-order chi connectivity index (χ1) is 12.6. The quantitative estimate of drug-likeness (QED) is 0.640. The first kappa shape index (κ1) is 17.9. The van der Waals surface area contributed by atoms with Gasteiger partial charge in [-0.25, -0.2) is 4.68 Å². The van der Waals surface area contributed by atoms with E-state index in [1.54, 1.807) is 31.6 Å². The summed E-state index contributed by atoms with van der Waals surface area (Å²) in [6.45, 7) is 2.75. The highest BCUT2D eigenvalue weighted by Gasteiger charge is 2.15. The van der Waals surface area contributed by atoms with E-state index in [0.717, 1.165) is 10.9 Å². The van der Waals surface area contributed by atoms with Crippen LogP contribution in [0.1, 0.15) is 12.2 Å². The molecular formula is C18H22N4O4. The van der Waals surface area contributed by atoms with E-state index in [0.29, 0.717) is 36.7 Å². The molecule has 0 saturated carbocycles. The second-order valence-electron chi connectivity index (χ2n) is 5.96. The van der Waals surface area contributed by atoms with Gasteiger partial charge in [-0.1, -0.05) is 6.07 Å². The number of nitrogens with zero attached hydrogens (tertiary/aromatic N) is 3. The molecule has 0 bridgehead atoms. The third-order valence-electron chi connectivity index (χ3n) is 4.21. The zero-order chi connectivity index (χ0) is 18.7. The van der Waals surface area contributed by atoms with E-state index in [1.807, 2.05) is 18.2 Å². The van der Waals surface area contributed by atoms with Gasteiger partial charge in [-0.3, -0.25) is 14.0 Å². The summed E-state index contributed by atoms with van der Waals surface area (Å²) in [7, 11) is 3.20. The van der Waals surface area contributed by atoms with Crippen molar-refractivity contribution in [1.29, 1.82) is 0 Å². The summed E-state index contributed by atoms with van der Waals surface area (Å²) in [6, 6.07) is 7.40. The molecule has 0 atom stereocenters. The minimum atomic E-state index is -0.319. The normalized spacial score (nSPS) is 11.2. The molecule has 0 radical (unpaired) electrons. The molecule has 1 amide bonds. The molecule has 0 unspecified atom stereocenters. The molecule has 8 nitrogen and oxygen atoms in total. The van der Waals surface area contributed by atoms with Crippen LogP contribution in [0.5, 0.6) is 5.75 Å². The molecule has 8 heteroatoms. The van der Waals surface area contributed by atoms with Gasteiger partial charge >= 0.3 is 0 Å². The maximum Gasteiger partial charge on any atom is 0.291 e. The van der Waals surface area contributed by atoms with Crippen molar-refractivity contribution < 1.29 is 14.3 Å². The number of amides is 1. The van der Waals surface area contributed by atoms with Gasteiger partial charge in [0.1, 0.15) is 23.6 Å². The van der Waals surface area contributed by atoms with Gasteiger partial charge in [-0.05, 0) is 31.5 Å². The molecule has 3 rings (SSSR count). The average Bonchev–Trinajstić information content (AvgIpc) is 3.03. The van der Waals surface area contributed by atoms with E-state index in [-0.39, 0.29) is 18.0 Å². The van der Waals surface area contributed by atoms with Gasteiger partial charge in [0.2, 0.25) is 5.91 Å². The lowest BCUT2D eigenvalue weighted by Gasteiger charge is -2.09. The van der Waals surface area contributed by atoms with Gasteiger partial charge in [-0.2, -0.15) is 5.10 Å². The molecule has 138 valence electrons. The number of aromatic nitrogens is 3. The third kappa shape index (κ3) is 3.28.